The van der Waals surface area contributed by atoms with E-state index in [0.717, 1.165) is 0 Å². The fourth-order valence-electron chi connectivity index (χ4n) is 1.01. The van der Waals surface area contributed by atoms with Crippen molar-refractivity contribution in [1.82, 2.24) is 14.6 Å². The molecule has 0 aliphatic carbocycles. The van der Waals surface area contributed by atoms with Gasteiger partial charge in [-0.15, -0.1) is 0 Å². The molecule has 0 saturated heterocycles. The Bertz CT molecular complexity index is 525. The summed E-state index contributed by atoms with van der Waals surface area (Å²) in [6.45, 7) is 0. The normalized spacial score (nSPS) is 10.8. The molecule has 7 heteroatoms. The summed E-state index contributed by atoms with van der Waals surface area (Å²) >= 11 is 14.3. The van der Waals surface area contributed by atoms with Crippen molar-refractivity contribution < 1.29 is 4.79 Å². The average molecular weight is 295 g/mol. The fourth-order valence-corrected chi connectivity index (χ4v) is 1.70. The molecule has 2 heterocycles. The second-order valence-electron chi connectivity index (χ2n) is 2.47. The number of hydrogen-bond donors (Lipinski definition) is 0. The van der Waals surface area contributed by atoms with Crippen molar-refractivity contribution in [3.63, 3.8) is 0 Å². The van der Waals surface area contributed by atoms with E-state index in [-0.39, 0.29) is 10.8 Å². The van der Waals surface area contributed by atoms with E-state index in [0.29, 0.717) is 10.3 Å². The van der Waals surface area contributed by atoms with Crippen LogP contribution in [-0.4, -0.2) is 19.8 Å². The predicted octanol–water partition coefficient (Wildman–Crippen LogP) is 2.52. The quantitative estimate of drug-likeness (QED) is 0.600. The standard InChI is InChI=1S/C7H2BrCl2N3O/c8-4-2-6-11-3(7(10)14)1-5(9)13(6)12-4/h1-2H. The third-order valence-corrected chi connectivity index (χ3v) is 2.41. The fraction of sp³-hybridized carbons (Fsp3) is 0. The molecule has 0 N–H and O–H groups in total. The molecule has 0 spiro atoms. The first kappa shape index (κ1) is 9.89. The molecule has 0 aliphatic rings. The van der Waals surface area contributed by atoms with Crippen LogP contribution in [0.15, 0.2) is 16.7 Å². The molecular weight excluding hydrogens is 293 g/mol. The lowest BCUT2D eigenvalue weighted by molar-refractivity contribution is 0.107. The minimum absolute atomic E-state index is 0.108. The summed E-state index contributed by atoms with van der Waals surface area (Å²) in [5, 5.41) is 3.63. The van der Waals surface area contributed by atoms with Crippen LogP contribution in [0.4, 0.5) is 0 Å². The van der Waals surface area contributed by atoms with E-state index in [2.05, 4.69) is 26.0 Å². The highest BCUT2D eigenvalue weighted by Gasteiger charge is 2.10. The molecule has 0 saturated carbocycles. The van der Waals surface area contributed by atoms with Gasteiger partial charge >= 0.3 is 0 Å². The first-order valence-corrected chi connectivity index (χ1v) is 5.04. The molecule has 0 aliphatic heterocycles. The Morgan fingerprint density at radius 2 is 2.21 bits per heavy atom. The monoisotopic (exact) mass is 293 g/mol. The summed E-state index contributed by atoms with van der Waals surface area (Å²) in [7, 11) is 0. The van der Waals surface area contributed by atoms with E-state index in [4.69, 9.17) is 23.2 Å². The molecule has 2 aromatic rings. The van der Waals surface area contributed by atoms with Crippen molar-refractivity contribution in [1.29, 1.82) is 0 Å². The molecule has 0 radical (unpaired) electrons. The number of halogens is 3. The number of carbonyl (C=O) groups excluding carboxylic acids is 1. The molecule has 14 heavy (non-hydrogen) atoms. The second kappa shape index (κ2) is 3.49. The minimum atomic E-state index is -0.647. The number of rotatable bonds is 1. The maximum atomic E-state index is 10.9. The van der Waals surface area contributed by atoms with Crippen molar-refractivity contribution >= 4 is 50.0 Å². The highest BCUT2D eigenvalue weighted by molar-refractivity contribution is 9.10. The van der Waals surface area contributed by atoms with Crippen molar-refractivity contribution in [2.24, 2.45) is 0 Å². The maximum absolute atomic E-state index is 10.9. The lowest BCUT2D eigenvalue weighted by Gasteiger charge is -1.97. The van der Waals surface area contributed by atoms with Crippen LogP contribution in [0.3, 0.4) is 0 Å². The molecule has 0 aromatic carbocycles. The molecule has 0 atom stereocenters. The van der Waals surface area contributed by atoms with Crippen molar-refractivity contribution in [3.8, 4) is 0 Å². The third-order valence-electron chi connectivity index (χ3n) is 1.56. The topological polar surface area (TPSA) is 47.3 Å². The molecule has 0 unspecified atom stereocenters. The van der Waals surface area contributed by atoms with E-state index >= 15 is 0 Å². The Hall–Kier alpha value is -0.650. The highest BCUT2D eigenvalue weighted by Crippen LogP contribution is 2.17. The lowest BCUT2D eigenvalue weighted by atomic mass is 10.4. The third kappa shape index (κ3) is 1.63. The smallest absolute Gasteiger partial charge is 0.271 e. The summed E-state index contributed by atoms with van der Waals surface area (Å²) in [4.78, 5) is 14.8. The highest BCUT2D eigenvalue weighted by atomic mass is 79.9. The molecule has 2 rings (SSSR count). The van der Waals surface area contributed by atoms with Crippen molar-refractivity contribution in [2.45, 2.75) is 0 Å². The van der Waals surface area contributed by atoms with E-state index in [1.54, 1.807) is 6.07 Å². The van der Waals surface area contributed by atoms with Crippen LogP contribution >= 0.6 is 39.1 Å². The number of fused-ring (bicyclic) bond motifs is 1. The number of nitrogens with zero attached hydrogens (tertiary/aromatic N) is 3. The first-order valence-electron chi connectivity index (χ1n) is 3.49. The van der Waals surface area contributed by atoms with Crippen LogP contribution in [0.2, 0.25) is 5.15 Å². The van der Waals surface area contributed by atoms with Gasteiger partial charge in [-0.2, -0.15) is 5.10 Å². The summed E-state index contributed by atoms with van der Waals surface area (Å²) in [5.74, 6) is 0. The summed E-state index contributed by atoms with van der Waals surface area (Å²) in [6, 6.07) is 3.00. The molecule has 4 nitrogen and oxygen atoms in total. The van der Waals surface area contributed by atoms with Gasteiger partial charge in [-0.25, -0.2) is 9.50 Å². The Morgan fingerprint density at radius 1 is 1.50 bits per heavy atom. The first-order chi connectivity index (χ1) is 6.58. The molecule has 0 fully saturated rings. The van der Waals surface area contributed by atoms with Gasteiger partial charge in [0.2, 0.25) is 0 Å². The minimum Gasteiger partial charge on any atom is -0.274 e. The Morgan fingerprint density at radius 3 is 2.86 bits per heavy atom. The van der Waals surface area contributed by atoms with Gasteiger partial charge in [-0.1, -0.05) is 11.6 Å². The van der Waals surface area contributed by atoms with Crippen molar-refractivity contribution in [2.75, 3.05) is 0 Å². The zero-order chi connectivity index (χ0) is 10.3. The van der Waals surface area contributed by atoms with Gasteiger partial charge < -0.3 is 0 Å². The summed E-state index contributed by atoms with van der Waals surface area (Å²) < 4.78 is 1.99. The molecule has 0 amide bonds. The second-order valence-corrected chi connectivity index (χ2v) is 4.02. The molecular formula is C7H2BrCl2N3O. The predicted molar refractivity (Wildman–Crippen MR) is 55.9 cm³/mol. The maximum Gasteiger partial charge on any atom is 0.271 e. The van der Waals surface area contributed by atoms with Crippen LogP contribution in [-0.2, 0) is 0 Å². The van der Waals surface area contributed by atoms with Crippen LogP contribution in [0, 0.1) is 0 Å². The van der Waals surface area contributed by atoms with Crippen LogP contribution in [0.25, 0.3) is 5.65 Å². The van der Waals surface area contributed by atoms with Crippen molar-refractivity contribution in [3.05, 3.63) is 27.6 Å². The van der Waals surface area contributed by atoms with E-state index < -0.39 is 5.24 Å². The number of carbonyl (C=O) groups is 1. The molecule has 72 valence electrons. The SMILES string of the molecule is O=C(Cl)c1cc(Cl)n2nc(Br)cc2n1. The Balaban J connectivity index is 2.77. The molecule has 0 bridgehead atoms. The van der Waals surface area contributed by atoms with Gasteiger partial charge in [0, 0.05) is 12.1 Å². The van der Waals surface area contributed by atoms with Gasteiger partial charge in [0.25, 0.3) is 5.24 Å². The van der Waals surface area contributed by atoms with E-state index in [1.165, 1.54) is 10.6 Å². The van der Waals surface area contributed by atoms with E-state index in [1.807, 2.05) is 0 Å². The largest absolute Gasteiger partial charge is 0.274 e. The van der Waals surface area contributed by atoms with Crippen LogP contribution < -0.4 is 0 Å². The molecule has 2 aromatic heterocycles. The number of hydrogen-bond acceptors (Lipinski definition) is 3. The zero-order valence-corrected chi connectivity index (χ0v) is 9.64. The summed E-state index contributed by atoms with van der Waals surface area (Å²) in [6.07, 6.45) is 0. The Kier molecular flexibility index (Phi) is 2.47. The van der Waals surface area contributed by atoms with Crippen LogP contribution in [0.1, 0.15) is 10.5 Å². The van der Waals surface area contributed by atoms with Gasteiger partial charge in [-0.05, 0) is 27.5 Å². The summed E-state index contributed by atoms with van der Waals surface area (Å²) in [5.41, 5.74) is 0.574. The Labute approximate surface area is 97.0 Å². The van der Waals surface area contributed by atoms with Gasteiger partial charge in [0.15, 0.2) is 5.65 Å². The lowest BCUT2D eigenvalue weighted by Crippen LogP contribution is -1.99. The van der Waals surface area contributed by atoms with Gasteiger partial charge in [0.05, 0.1) is 0 Å². The average Bonchev–Trinajstić information content (AvgIpc) is 2.45. The number of aromatic nitrogens is 3. The van der Waals surface area contributed by atoms with Gasteiger partial charge in [-0.3, -0.25) is 4.79 Å². The van der Waals surface area contributed by atoms with Crippen LogP contribution in [0.5, 0.6) is 0 Å². The van der Waals surface area contributed by atoms with E-state index in [9.17, 15) is 4.79 Å². The van der Waals surface area contributed by atoms with Gasteiger partial charge in [0.1, 0.15) is 15.5 Å². The zero-order valence-electron chi connectivity index (χ0n) is 6.54.